The fraction of sp³-hybridized carbons (Fsp3) is 0.526. The van der Waals surface area contributed by atoms with Gasteiger partial charge < -0.3 is 5.32 Å². The van der Waals surface area contributed by atoms with Gasteiger partial charge in [-0.3, -0.25) is 14.5 Å². The van der Waals surface area contributed by atoms with Crippen LogP contribution in [-0.2, 0) is 14.8 Å². The Bertz CT molecular complexity index is 880. The molecule has 0 atom stereocenters. The van der Waals surface area contributed by atoms with E-state index in [1.807, 2.05) is 0 Å². The quantitative estimate of drug-likeness (QED) is 0.698. The Hall–Kier alpha value is -2.40. The normalized spacial score (nSPS) is 20.6. The first-order chi connectivity index (χ1) is 13.0. The minimum Gasteiger partial charge on any atom is -0.338 e. The van der Waals surface area contributed by atoms with Crippen molar-refractivity contribution in [2.45, 2.75) is 61.8 Å². The van der Waals surface area contributed by atoms with E-state index < -0.39 is 15.6 Å². The summed E-state index contributed by atoms with van der Waals surface area (Å²) < 4.78 is 26.5. The molecule has 1 aromatic carbocycles. The molecule has 3 rings (SSSR count). The minimum absolute atomic E-state index is 0.0674. The number of hydrogen-bond acceptors (Lipinski definition) is 5. The molecule has 1 fully saturated rings. The summed E-state index contributed by atoms with van der Waals surface area (Å²) in [4.78, 5) is 16.7. The van der Waals surface area contributed by atoms with Gasteiger partial charge in [0.2, 0.25) is 5.91 Å². The molecule has 144 valence electrons. The summed E-state index contributed by atoms with van der Waals surface area (Å²) in [6.07, 6.45) is 6.16. The maximum Gasteiger partial charge on any atom is 0.263 e. The molecule has 8 heteroatoms. The Labute approximate surface area is 159 Å². The van der Waals surface area contributed by atoms with Crippen LogP contribution in [-0.4, -0.2) is 32.2 Å². The van der Waals surface area contributed by atoms with Crippen molar-refractivity contribution in [2.24, 2.45) is 4.99 Å². The van der Waals surface area contributed by atoms with E-state index in [4.69, 9.17) is 0 Å². The molecule has 0 unspecified atom stereocenters. The van der Waals surface area contributed by atoms with Gasteiger partial charge in [-0.1, -0.05) is 18.6 Å². The van der Waals surface area contributed by atoms with Crippen molar-refractivity contribution >= 4 is 21.8 Å². The summed E-state index contributed by atoms with van der Waals surface area (Å²) >= 11 is 0. The summed E-state index contributed by atoms with van der Waals surface area (Å²) in [5.41, 5.74) is -0.0500. The van der Waals surface area contributed by atoms with Gasteiger partial charge in [-0.15, -0.1) is 0 Å². The second-order valence-electron chi connectivity index (χ2n) is 7.09. The van der Waals surface area contributed by atoms with E-state index in [1.54, 1.807) is 24.3 Å². The number of hydrogen-bond donors (Lipinski definition) is 2. The summed E-state index contributed by atoms with van der Waals surface area (Å²) in [5, 5.41) is 12.2. The number of amidine groups is 1. The van der Waals surface area contributed by atoms with E-state index in [0.717, 1.165) is 44.9 Å². The molecule has 0 radical (unpaired) electrons. The number of aliphatic imine (C=N–C) groups is 1. The highest BCUT2D eigenvalue weighted by atomic mass is 32.2. The average molecular weight is 388 g/mol. The number of benzene rings is 1. The van der Waals surface area contributed by atoms with Gasteiger partial charge in [-0.2, -0.15) is 5.26 Å². The first-order valence-electron chi connectivity index (χ1n) is 9.35. The SMILES string of the molecule is N#CC1(NC(=O)CCCCCN=C2NS(=O)(=O)c3ccccc32)CCCC1. The number of nitrogens with zero attached hydrogens (tertiary/aromatic N) is 2. The standard InChI is InChI=1S/C19H24N4O3S/c20-14-19(11-5-6-12-19)22-17(24)10-2-1-7-13-21-18-15-8-3-4-9-16(15)27(25,26)23-18/h3-4,8-9H,1-2,5-7,10-13H2,(H,21,23)(H,22,24). The van der Waals surface area contributed by atoms with Crippen molar-refractivity contribution in [2.75, 3.05) is 6.54 Å². The number of rotatable bonds is 7. The number of nitriles is 1. The van der Waals surface area contributed by atoms with Crippen molar-refractivity contribution in [1.82, 2.24) is 10.0 Å². The fourth-order valence-corrected chi connectivity index (χ4v) is 4.84. The number of carbonyl (C=O) groups is 1. The lowest BCUT2D eigenvalue weighted by Crippen LogP contribution is -2.44. The molecule has 1 amide bonds. The van der Waals surface area contributed by atoms with Crippen LogP contribution in [0.25, 0.3) is 0 Å². The van der Waals surface area contributed by atoms with Crippen LogP contribution in [0.2, 0.25) is 0 Å². The van der Waals surface area contributed by atoms with E-state index >= 15 is 0 Å². The molecular weight excluding hydrogens is 364 g/mol. The molecule has 0 saturated heterocycles. The molecule has 0 spiro atoms. The van der Waals surface area contributed by atoms with Gasteiger partial charge in [-0.05, 0) is 50.7 Å². The Balaban J connectivity index is 1.41. The third kappa shape index (κ3) is 4.48. The first-order valence-corrected chi connectivity index (χ1v) is 10.8. The van der Waals surface area contributed by atoms with Crippen LogP contribution in [0.5, 0.6) is 0 Å². The van der Waals surface area contributed by atoms with Gasteiger partial charge in [0, 0.05) is 18.5 Å². The van der Waals surface area contributed by atoms with Crippen LogP contribution in [0, 0.1) is 11.3 Å². The van der Waals surface area contributed by atoms with Crippen LogP contribution >= 0.6 is 0 Å². The van der Waals surface area contributed by atoms with Crippen molar-refractivity contribution in [3.05, 3.63) is 29.8 Å². The summed E-state index contributed by atoms with van der Waals surface area (Å²) in [6.45, 7) is 0.496. The third-order valence-corrected chi connectivity index (χ3v) is 6.44. The Morgan fingerprint density at radius 1 is 1.22 bits per heavy atom. The molecule has 1 heterocycles. The molecule has 1 aliphatic carbocycles. The highest BCUT2D eigenvalue weighted by Gasteiger charge is 2.35. The van der Waals surface area contributed by atoms with Crippen molar-refractivity contribution in [1.29, 1.82) is 5.26 Å². The zero-order chi connectivity index (χ0) is 19.3. The van der Waals surface area contributed by atoms with Crippen LogP contribution in [0.3, 0.4) is 0 Å². The fourth-order valence-electron chi connectivity index (χ4n) is 3.59. The lowest BCUT2D eigenvalue weighted by atomic mass is 9.99. The topological polar surface area (TPSA) is 111 Å². The molecule has 1 aliphatic heterocycles. The zero-order valence-electron chi connectivity index (χ0n) is 15.2. The number of nitrogens with one attached hydrogen (secondary N) is 2. The molecule has 1 saturated carbocycles. The molecule has 2 N–H and O–H groups in total. The molecular formula is C19H24N4O3S. The number of fused-ring (bicyclic) bond motifs is 1. The van der Waals surface area contributed by atoms with Crippen LogP contribution < -0.4 is 10.0 Å². The Morgan fingerprint density at radius 2 is 1.96 bits per heavy atom. The second kappa shape index (κ2) is 8.09. The lowest BCUT2D eigenvalue weighted by Gasteiger charge is -2.21. The maximum atomic E-state index is 12.0. The van der Waals surface area contributed by atoms with E-state index in [2.05, 4.69) is 21.1 Å². The van der Waals surface area contributed by atoms with Crippen molar-refractivity contribution < 1.29 is 13.2 Å². The van der Waals surface area contributed by atoms with Gasteiger partial charge in [-0.25, -0.2) is 8.42 Å². The van der Waals surface area contributed by atoms with Gasteiger partial charge in [0.05, 0.1) is 11.0 Å². The van der Waals surface area contributed by atoms with Gasteiger partial charge in [0.1, 0.15) is 11.4 Å². The number of unbranched alkanes of at least 4 members (excludes halogenated alkanes) is 2. The van der Waals surface area contributed by atoms with E-state index in [0.29, 0.717) is 24.4 Å². The molecule has 2 aliphatic rings. The smallest absolute Gasteiger partial charge is 0.263 e. The maximum absolute atomic E-state index is 12.0. The van der Waals surface area contributed by atoms with E-state index in [1.165, 1.54) is 0 Å². The minimum atomic E-state index is -3.49. The predicted octanol–water partition coefficient (Wildman–Crippen LogP) is 2.24. The van der Waals surface area contributed by atoms with Crippen LogP contribution in [0.1, 0.15) is 56.9 Å². The third-order valence-electron chi connectivity index (χ3n) is 5.04. The first kappa shape index (κ1) is 19.4. The summed E-state index contributed by atoms with van der Waals surface area (Å²) in [5.74, 6) is 0.322. The molecule has 0 bridgehead atoms. The monoisotopic (exact) mass is 388 g/mol. The van der Waals surface area contributed by atoms with E-state index in [9.17, 15) is 18.5 Å². The highest BCUT2D eigenvalue weighted by Crippen LogP contribution is 2.29. The van der Waals surface area contributed by atoms with E-state index in [-0.39, 0.29) is 10.8 Å². The second-order valence-corrected chi connectivity index (χ2v) is 8.74. The molecule has 1 aromatic rings. The van der Waals surface area contributed by atoms with Gasteiger partial charge in [0.25, 0.3) is 10.0 Å². The zero-order valence-corrected chi connectivity index (χ0v) is 16.0. The number of amides is 1. The average Bonchev–Trinajstić information content (AvgIpc) is 3.21. The predicted molar refractivity (Wildman–Crippen MR) is 102 cm³/mol. The summed E-state index contributed by atoms with van der Waals surface area (Å²) in [6, 6.07) is 9.04. The lowest BCUT2D eigenvalue weighted by molar-refractivity contribution is -0.122. The Morgan fingerprint density at radius 3 is 2.70 bits per heavy atom. The molecule has 7 nitrogen and oxygen atoms in total. The van der Waals surface area contributed by atoms with Crippen molar-refractivity contribution in [3.8, 4) is 6.07 Å². The van der Waals surface area contributed by atoms with Crippen molar-refractivity contribution in [3.63, 3.8) is 0 Å². The van der Waals surface area contributed by atoms with Gasteiger partial charge >= 0.3 is 0 Å². The number of carbonyl (C=O) groups excluding carboxylic acids is 1. The highest BCUT2D eigenvalue weighted by molar-refractivity contribution is 7.90. The summed E-state index contributed by atoms with van der Waals surface area (Å²) in [7, 11) is -3.49. The van der Waals surface area contributed by atoms with Gasteiger partial charge in [0.15, 0.2) is 0 Å². The largest absolute Gasteiger partial charge is 0.338 e. The molecule has 0 aromatic heterocycles. The molecule has 27 heavy (non-hydrogen) atoms. The van der Waals surface area contributed by atoms with Crippen LogP contribution in [0.4, 0.5) is 0 Å². The number of sulfonamides is 1. The Kier molecular flexibility index (Phi) is 5.80. The van der Waals surface area contributed by atoms with Crippen LogP contribution in [0.15, 0.2) is 34.2 Å².